The highest BCUT2D eigenvalue weighted by Crippen LogP contribution is 2.18. The van der Waals surface area contributed by atoms with Crippen molar-refractivity contribution in [2.24, 2.45) is 5.73 Å². The van der Waals surface area contributed by atoms with Gasteiger partial charge in [0.15, 0.2) is 0 Å². The molecule has 2 N–H and O–H groups in total. The number of aromatic nitrogens is 2. The number of benzene rings is 1. The van der Waals surface area contributed by atoms with Crippen LogP contribution in [0.2, 0.25) is 0 Å². The molecule has 7 heteroatoms. The molecule has 5 nitrogen and oxygen atoms in total. The minimum absolute atomic E-state index is 0.260. The average molecular weight is 334 g/mol. The quantitative estimate of drug-likeness (QED) is 0.845. The van der Waals surface area contributed by atoms with E-state index in [0.29, 0.717) is 36.7 Å². The number of nitrogens with two attached hydrogens (primary N) is 1. The van der Waals surface area contributed by atoms with Crippen LogP contribution >= 0.6 is 0 Å². The number of aryl methyl sites for hydroxylation is 1. The molecule has 0 fully saturated rings. The third kappa shape index (κ3) is 4.79. The van der Waals surface area contributed by atoms with Crippen molar-refractivity contribution in [3.8, 4) is 0 Å². The SMILES string of the molecule is CCN(Cc1cccc(C(N)=O)c1)Cc1cc(C(F)F)nc(C)n1. The molecule has 0 atom stereocenters. The molecule has 128 valence electrons. The molecule has 0 unspecified atom stereocenters. The normalized spacial score (nSPS) is 11.2. The van der Waals surface area contributed by atoms with Gasteiger partial charge in [0, 0.05) is 18.7 Å². The zero-order chi connectivity index (χ0) is 17.7. The summed E-state index contributed by atoms with van der Waals surface area (Å²) in [6, 6.07) is 8.39. The molecule has 1 aromatic heterocycles. The lowest BCUT2D eigenvalue weighted by atomic mass is 10.1. The maximum absolute atomic E-state index is 12.9. The predicted molar refractivity (Wildman–Crippen MR) is 86.5 cm³/mol. The Balaban J connectivity index is 2.15. The minimum Gasteiger partial charge on any atom is -0.366 e. The number of nitrogens with zero attached hydrogens (tertiary/aromatic N) is 3. The smallest absolute Gasteiger partial charge is 0.280 e. The van der Waals surface area contributed by atoms with E-state index in [9.17, 15) is 13.6 Å². The van der Waals surface area contributed by atoms with Crippen LogP contribution in [-0.4, -0.2) is 27.3 Å². The van der Waals surface area contributed by atoms with E-state index in [1.54, 1.807) is 25.1 Å². The van der Waals surface area contributed by atoms with Crippen LogP contribution in [0.3, 0.4) is 0 Å². The average Bonchev–Trinajstić information content (AvgIpc) is 2.53. The lowest BCUT2D eigenvalue weighted by molar-refractivity contribution is 0.1000. The van der Waals surface area contributed by atoms with Crippen molar-refractivity contribution < 1.29 is 13.6 Å². The van der Waals surface area contributed by atoms with Crippen molar-refractivity contribution in [2.45, 2.75) is 33.4 Å². The van der Waals surface area contributed by atoms with E-state index >= 15 is 0 Å². The van der Waals surface area contributed by atoms with E-state index in [0.717, 1.165) is 5.56 Å². The minimum atomic E-state index is -2.62. The maximum Gasteiger partial charge on any atom is 0.280 e. The van der Waals surface area contributed by atoms with Crippen molar-refractivity contribution >= 4 is 5.91 Å². The molecule has 2 rings (SSSR count). The third-order valence-corrected chi connectivity index (χ3v) is 3.58. The first kappa shape index (κ1) is 17.9. The molecule has 0 spiro atoms. The van der Waals surface area contributed by atoms with E-state index in [2.05, 4.69) is 9.97 Å². The monoisotopic (exact) mass is 334 g/mol. The Bertz CT molecular complexity index is 721. The molecule has 0 aliphatic carbocycles. The molecular formula is C17H20F2N4O. The second-order valence-corrected chi connectivity index (χ2v) is 5.50. The van der Waals surface area contributed by atoms with Crippen LogP contribution in [-0.2, 0) is 13.1 Å². The maximum atomic E-state index is 12.9. The van der Waals surface area contributed by atoms with Gasteiger partial charge in [0.2, 0.25) is 5.91 Å². The van der Waals surface area contributed by atoms with Crippen LogP contribution in [0.4, 0.5) is 8.78 Å². The first-order valence-electron chi connectivity index (χ1n) is 7.62. The molecular weight excluding hydrogens is 314 g/mol. The van der Waals surface area contributed by atoms with Crippen molar-refractivity contribution in [3.05, 3.63) is 58.7 Å². The lowest BCUT2D eigenvalue weighted by Crippen LogP contribution is -2.23. The Morgan fingerprint density at radius 3 is 2.62 bits per heavy atom. The van der Waals surface area contributed by atoms with Crippen molar-refractivity contribution in [1.82, 2.24) is 14.9 Å². The molecule has 0 aliphatic heterocycles. The van der Waals surface area contributed by atoms with Crippen LogP contribution in [0.1, 0.15) is 46.5 Å². The first-order valence-corrected chi connectivity index (χ1v) is 7.62. The molecule has 0 saturated carbocycles. The molecule has 2 aromatic rings. The molecule has 24 heavy (non-hydrogen) atoms. The van der Waals surface area contributed by atoms with Gasteiger partial charge in [0.1, 0.15) is 11.5 Å². The fourth-order valence-electron chi connectivity index (χ4n) is 2.44. The number of hydrogen-bond acceptors (Lipinski definition) is 4. The number of amides is 1. The summed E-state index contributed by atoms with van der Waals surface area (Å²) in [5.41, 5.74) is 6.95. The van der Waals surface area contributed by atoms with Crippen molar-refractivity contribution in [1.29, 1.82) is 0 Å². The summed E-state index contributed by atoms with van der Waals surface area (Å²) < 4.78 is 25.7. The number of hydrogen-bond donors (Lipinski definition) is 1. The number of primary amides is 1. The standard InChI is InChI=1S/C17H20F2N4O/c1-3-23(9-12-5-4-6-13(7-12)17(20)24)10-14-8-15(16(18)19)22-11(2)21-14/h4-8,16H,3,9-10H2,1-2H3,(H2,20,24). The second kappa shape index (κ2) is 7.92. The summed E-state index contributed by atoms with van der Waals surface area (Å²) in [5, 5.41) is 0. The first-order chi connectivity index (χ1) is 11.4. The Labute approximate surface area is 139 Å². The highest BCUT2D eigenvalue weighted by atomic mass is 19.3. The predicted octanol–water partition coefficient (Wildman–Crippen LogP) is 2.84. The van der Waals surface area contributed by atoms with Crippen molar-refractivity contribution in [3.63, 3.8) is 0 Å². The van der Waals surface area contributed by atoms with Gasteiger partial charge in [0.05, 0.1) is 5.69 Å². The van der Waals surface area contributed by atoms with Gasteiger partial charge in [-0.25, -0.2) is 18.7 Å². The second-order valence-electron chi connectivity index (χ2n) is 5.50. The molecule has 1 amide bonds. The zero-order valence-electron chi connectivity index (χ0n) is 13.7. The van der Waals surface area contributed by atoms with Crippen LogP contribution in [0.15, 0.2) is 30.3 Å². The summed E-state index contributed by atoms with van der Waals surface area (Å²) >= 11 is 0. The van der Waals surface area contributed by atoms with E-state index in [1.165, 1.54) is 6.07 Å². The molecule has 0 radical (unpaired) electrons. The number of carbonyl (C=O) groups excluding carboxylic acids is 1. The number of carbonyl (C=O) groups is 1. The van der Waals surface area contributed by atoms with Gasteiger partial charge in [-0.3, -0.25) is 9.69 Å². The van der Waals surface area contributed by atoms with Crippen LogP contribution < -0.4 is 5.73 Å². The van der Waals surface area contributed by atoms with E-state index < -0.39 is 12.3 Å². The number of rotatable bonds is 7. The van der Waals surface area contributed by atoms with Gasteiger partial charge in [0.25, 0.3) is 6.43 Å². The van der Waals surface area contributed by atoms with E-state index in [4.69, 9.17) is 5.73 Å². The van der Waals surface area contributed by atoms with Crippen LogP contribution in [0.5, 0.6) is 0 Å². The summed E-state index contributed by atoms with van der Waals surface area (Å²) in [6.07, 6.45) is -2.62. The van der Waals surface area contributed by atoms with Gasteiger partial charge >= 0.3 is 0 Å². The van der Waals surface area contributed by atoms with Crippen molar-refractivity contribution in [2.75, 3.05) is 6.54 Å². The Morgan fingerprint density at radius 2 is 2.00 bits per heavy atom. The summed E-state index contributed by atoms with van der Waals surface area (Å²) in [4.78, 5) is 21.3. The largest absolute Gasteiger partial charge is 0.366 e. The van der Waals surface area contributed by atoms with Gasteiger partial charge in [-0.15, -0.1) is 0 Å². The summed E-state index contributed by atoms with van der Waals surface area (Å²) in [5.74, 6) is -0.150. The molecule has 1 heterocycles. The highest BCUT2D eigenvalue weighted by molar-refractivity contribution is 5.92. The third-order valence-electron chi connectivity index (χ3n) is 3.58. The lowest BCUT2D eigenvalue weighted by Gasteiger charge is -2.20. The fraction of sp³-hybridized carbons (Fsp3) is 0.353. The van der Waals surface area contributed by atoms with Gasteiger partial charge < -0.3 is 5.73 Å². The molecule has 0 bridgehead atoms. The zero-order valence-corrected chi connectivity index (χ0v) is 13.7. The fourth-order valence-corrected chi connectivity index (χ4v) is 2.44. The summed E-state index contributed by atoms with van der Waals surface area (Å²) in [6.45, 7) is 5.25. The Morgan fingerprint density at radius 1 is 1.25 bits per heavy atom. The van der Waals surface area contributed by atoms with Crippen LogP contribution in [0.25, 0.3) is 0 Å². The van der Waals surface area contributed by atoms with Gasteiger partial charge in [-0.2, -0.15) is 0 Å². The van der Waals surface area contributed by atoms with Gasteiger partial charge in [-0.1, -0.05) is 19.1 Å². The topological polar surface area (TPSA) is 72.1 Å². The number of alkyl halides is 2. The Kier molecular flexibility index (Phi) is 5.92. The molecule has 1 aromatic carbocycles. The van der Waals surface area contributed by atoms with Crippen LogP contribution in [0, 0.1) is 6.92 Å². The molecule has 0 aliphatic rings. The van der Waals surface area contributed by atoms with Gasteiger partial charge in [-0.05, 0) is 37.2 Å². The van der Waals surface area contributed by atoms with E-state index in [1.807, 2.05) is 17.9 Å². The molecule has 0 saturated heterocycles. The van der Waals surface area contributed by atoms with E-state index in [-0.39, 0.29) is 5.69 Å². The Hall–Kier alpha value is -2.41. The summed E-state index contributed by atoms with van der Waals surface area (Å²) in [7, 11) is 0. The number of halogens is 2. The highest BCUT2D eigenvalue weighted by Gasteiger charge is 2.14.